The number of hydrogen-bond donors (Lipinski definition) is 4. The summed E-state index contributed by atoms with van der Waals surface area (Å²) in [6, 6.07) is 9.49. The van der Waals surface area contributed by atoms with Gasteiger partial charge in [0.2, 0.25) is 5.95 Å². The van der Waals surface area contributed by atoms with Crippen LogP contribution in [0, 0.1) is 0 Å². The van der Waals surface area contributed by atoms with E-state index in [2.05, 4.69) is 48.4 Å². The van der Waals surface area contributed by atoms with Gasteiger partial charge in [0.15, 0.2) is 5.78 Å². The lowest BCUT2D eigenvalue weighted by atomic mass is 10.0. The molecule has 33 heavy (non-hydrogen) atoms. The lowest BCUT2D eigenvalue weighted by Crippen LogP contribution is -2.31. The van der Waals surface area contributed by atoms with Gasteiger partial charge in [-0.05, 0) is 62.2 Å². The number of nitrogens with one attached hydrogen (secondary N) is 4. The first-order valence-electron chi connectivity index (χ1n) is 10.9. The van der Waals surface area contributed by atoms with E-state index in [0.717, 1.165) is 25.2 Å². The monoisotopic (exact) mass is 445 g/mol. The van der Waals surface area contributed by atoms with E-state index >= 15 is 0 Å². The Hall–Kier alpha value is -3.85. The maximum Gasteiger partial charge on any atom is 0.256 e. The van der Waals surface area contributed by atoms with Crippen LogP contribution in [0.3, 0.4) is 0 Å². The number of carbonyl (C=O) groups is 2. The number of anilines is 4. The van der Waals surface area contributed by atoms with Crippen LogP contribution >= 0.6 is 0 Å². The van der Waals surface area contributed by atoms with Gasteiger partial charge in [0, 0.05) is 43.3 Å². The molecule has 9 heteroatoms. The number of benzene rings is 1. The first kappa shape index (κ1) is 22.3. The van der Waals surface area contributed by atoms with E-state index in [-0.39, 0.29) is 17.7 Å². The number of ketones is 1. The Labute approximate surface area is 192 Å². The van der Waals surface area contributed by atoms with Crippen molar-refractivity contribution in [2.45, 2.75) is 39.8 Å². The van der Waals surface area contributed by atoms with Gasteiger partial charge < -0.3 is 21.3 Å². The molecule has 0 aliphatic carbocycles. The molecule has 0 saturated heterocycles. The number of carbonyl (C=O) groups excluding carboxylic acids is 2. The molecule has 0 fully saturated rings. The van der Waals surface area contributed by atoms with Crippen molar-refractivity contribution in [2.24, 2.45) is 0 Å². The molecule has 0 saturated carbocycles. The molecule has 170 valence electrons. The van der Waals surface area contributed by atoms with Crippen molar-refractivity contribution in [3.05, 3.63) is 65.1 Å². The standard InChI is InChI=1S/C24H27N7O2/c1-14(2)28-23(33)20-13-27-24(30-18-5-4-16-6-8-25-12-17(16)10-18)31-22(20)29-19-7-9-26-21(11-19)15(3)32/h4-5,7,9-11,13-14,25H,6,8,12H2,1-3H3,(H,28,33)(H2,26,27,29,30,31). The Kier molecular flexibility index (Phi) is 6.60. The number of nitrogens with zero attached hydrogens (tertiary/aromatic N) is 3. The van der Waals surface area contributed by atoms with Crippen molar-refractivity contribution < 1.29 is 9.59 Å². The fourth-order valence-electron chi connectivity index (χ4n) is 3.57. The molecular weight excluding hydrogens is 418 g/mol. The van der Waals surface area contributed by atoms with E-state index < -0.39 is 0 Å². The van der Waals surface area contributed by atoms with Crippen molar-refractivity contribution in [1.29, 1.82) is 0 Å². The van der Waals surface area contributed by atoms with Crippen LogP contribution in [0.4, 0.5) is 23.1 Å². The molecule has 9 nitrogen and oxygen atoms in total. The van der Waals surface area contributed by atoms with E-state index in [1.165, 1.54) is 30.4 Å². The topological polar surface area (TPSA) is 121 Å². The zero-order chi connectivity index (χ0) is 23.4. The van der Waals surface area contributed by atoms with Crippen molar-refractivity contribution in [2.75, 3.05) is 17.2 Å². The van der Waals surface area contributed by atoms with Crippen molar-refractivity contribution >= 4 is 34.8 Å². The smallest absolute Gasteiger partial charge is 0.256 e. The molecule has 1 aliphatic rings. The average Bonchev–Trinajstić information content (AvgIpc) is 2.79. The second-order valence-corrected chi connectivity index (χ2v) is 8.23. The van der Waals surface area contributed by atoms with Gasteiger partial charge in [0.25, 0.3) is 5.91 Å². The normalized spacial score (nSPS) is 12.7. The predicted molar refractivity (Wildman–Crippen MR) is 127 cm³/mol. The predicted octanol–water partition coefficient (Wildman–Crippen LogP) is 3.35. The zero-order valence-electron chi connectivity index (χ0n) is 18.9. The first-order chi connectivity index (χ1) is 15.9. The van der Waals surface area contributed by atoms with Crippen LogP contribution in [0.2, 0.25) is 0 Å². The third-order valence-corrected chi connectivity index (χ3v) is 5.19. The van der Waals surface area contributed by atoms with Gasteiger partial charge in [-0.15, -0.1) is 0 Å². The molecule has 4 N–H and O–H groups in total. The largest absolute Gasteiger partial charge is 0.350 e. The molecule has 2 aromatic heterocycles. The maximum atomic E-state index is 12.7. The van der Waals surface area contributed by atoms with Crippen LogP contribution in [0.5, 0.6) is 0 Å². The Morgan fingerprint density at radius 2 is 1.85 bits per heavy atom. The van der Waals surface area contributed by atoms with E-state index in [0.29, 0.717) is 28.7 Å². The lowest BCUT2D eigenvalue weighted by molar-refractivity contribution is 0.0942. The number of amides is 1. The molecule has 0 bridgehead atoms. The summed E-state index contributed by atoms with van der Waals surface area (Å²) in [6.45, 7) is 7.03. The molecule has 3 aromatic rings. The number of Topliss-reactive ketones (excluding diaryl/α,β-unsaturated/α-hetero) is 1. The highest BCUT2D eigenvalue weighted by molar-refractivity contribution is 5.99. The van der Waals surface area contributed by atoms with Crippen molar-refractivity contribution in [3.8, 4) is 0 Å². The molecule has 0 atom stereocenters. The molecule has 3 heterocycles. The molecule has 1 aliphatic heterocycles. The minimum atomic E-state index is -0.292. The fourth-order valence-corrected chi connectivity index (χ4v) is 3.57. The maximum absolute atomic E-state index is 12.7. The highest BCUT2D eigenvalue weighted by Gasteiger charge is 2.17. The van der Waals surface area contributed by atoms with Crippen LogP contribution in [-0.2, 0) is 13.0 Å². The second-order valence-electron chi connectivity index (χ2n) is 8.23. The van der Waals surface area contributed by atoms with E-state index in [1.54, 1.807) is 12.1 Å². The van der Waals surface area contributed by atoms with Crippen molar-refractivity contribution in [1.82, 2.24) is 25.6 Å². The van der Waals surface area contributed by atoms with Gasteiger partial charge in [0.05, 0.1) is 0 Å². The molecule has 0 spiro atoms. The van der Waals surface area contributed by atoms with Crippen LogP contribution in [-0.4, -0.2) is 39.2 Å². The highest BCUT2D eigenvalue weighted by Crippen LogP contribution is 2.24. The minimum absolute atomic E-state index is 0.0440. The first-order valence-corrected chi connectivity index (χ1v) is 10.9. The van der Waals surface area contributed by atoms with Gasteiger partial charge in [-0.1, -0.05) is 6.07 Å². The number of pyridine rings is 1. The van der Waals surface area contributed by atoms with E-state index in [4.69, 9.17) is 0 Å². The third kappa shape index (κ3) is 5.50. The molecule has 0 radical (unpaired) electrons. The summed E-state index contributed by atoms with van der Waals surface area (Å²) in [7, 11) is 0. The van der Waals surface area contributed by atoms with Crippen LogP contribution in [0.25, 0.3) is 0 Å². The van der Waals surface area contributed by atoms with Gasteiger partial charge in [-0.25, -0.2) is 4.98 Å². The molecule has 1 amide bonds. The Morgan fingerprint density at radius 3 is 2.64 bits per heavy atom. The molecule has 0 unspecified atom stereocenters. The fraction of sp³-hybridized carbons (Fsp3) is 0.292. The number of rotatable bonds is 7. The number of hydrogen-bond acceptors (Lipinski definition) is 8. The summed E-state index contributed by atoms with van der Waals surface area (Å²) in [4.78, 5) is 37.4. The van der Waals surface area contributed by atoms with Gasteiger partial charge in [-0.2, -0.15) is 4.98 Å². The summed E-state index contributed by atoms with van der Waals surface area (Å²) in [6.07, 6.45) is 4.03. The molecule has 4 rings (SSSR count). The van der Waals surface area contributed by atoms with Gasteiger partial charge in [-0.3, -0.25) is 14.6 Å². The summed E-state index contributed by atoms with van der Waals surface area (Å²) in [5, 5.41) is 12.6. The van der Waals surface area contributed by atoms with Crippen LogP contribution in [0.1, 0.15) is 52.7 Å². The minimum Gasteiger partial charge on any atom is -0.350 e. The van der Waals surface area contributed by atoms with Crippen molar-refractivity contribution in [3.63, 3.8) is 0 Å². The number of fused-ring (bicyclic) bond motifs is 1. The Balaban J connectivity index is 1.65. The second kappa shape index (κ2) is 9.74. The quantitative estimate of drug-likeness (QED) is 0.409. The highest BCUT2D eigenvalue weighted by atomic mass is 16.1. The van der Waals surface area contributed by atoms with Crippen LogP contribution in [0.15, 0.2) is 42.7 Å². The number of aromatic nitrogens is 3. The Morgan fingerprint density at radius 1 is 1.03 bits per heavy atom. The summed E-state index contributed by atoms with van der Waals surface area (Å²) < 4.78 is 0. The third-order valence-electron chi connectivity index (χ3n) is 5.19. The summed E-state index contributed by atoms with van der Waals surface area (Å²) >= 11 is 0. The molecule has 1 aromatic carbocycles. The van der Waals surface area contributed by atoms with Crippen LogP contribution < -0.4 is 21.3 Å². The average molecular weight is 446 g/mol. The lowest BCUT2D eigenvalue weighted by Gasteiger charge is -2.18. The summed E-state index contributed by atoms with van der Waals surface area (Å²) in [5.41, 5.74) is 4.66. The SMILES string of the molecule is CC(=O)c1cc(Nc2nc(Nc3ccc4c(c3)CNCC4)ncc2C(=O)NC(C)C)ccn1. The Bertz CT molecular complexity index is 1190. The summed E-state index contributed by atoms with van der Waals surface area (Å²) in [5.74, 6) is 0.234. The van der Waals surface area contributed by atoms with E-state index in [1.807, 2.05) is 19.9 Å². The van der Waals surface area contributed by atoms with E-state index in [9.17, 15) is 9.59 Å². The van der Waals surface area contributed by atoms with Gasteiger partial charge in [0.1, 0.15) is 17.1 Å². The van der Waals surface area contributed by atoms with Gasteiger partial charge >= 0.3 is 0 Å². The zero-order valence-corrected chi connectivity index (χ0v) is 18.9. The molecular formula is C24H27N7O2.